The van der Waals surface area contributed by atoms with E-state index in [2.05, 4.69) is 15.0 Å². The highest BCUT2D eigenvalue weighted by atomic mass is 32.1. The Kier molecular flexibility index (Phi) is 1.58. The van der Waals surface area contributed by atoms with Crippen LogP contribution >= 0.6 is 11.3 Å². The van der Waals surface area contributed by atoms with Crippen molar-refractivity contribution in [2.45, 2.75) is 6.92 Å². The van der Waals surface area contributed by atoms with Crippen molar-refractivity contribution >= 4 is 17.3 Å². The Morgan fingerprint density at radius 1 is 1.50 bits per heavy atom. The molecule has 2 aromatic heterocycles. The third-order valence-corrected chi connectivity index (χ3v) is 2.55. The van der Waals surface area contributed by atoms with Crippen molar-refractivity contribution in [2.24, 2.45) is 0 Å². The van der Waals surface area contributed by atoms with Crippen LogP contribution in [0.15, 0.2) is 11.7 Å². The molecule has 5 heteroatoms. The number of nitrogen functional groups attached to an aromatic ring is 1. The summed E-state index contributed by atoms with van der Waals surface area (Å²) in [4.78, 5) is 12.1. The molecular formula is C7H8N4S. The molecule has 12 heavy (non-hydrogen) atoms. The van der Waals surface area contributed by atoms with Crippen molar-refractivity contribution in [3.05, 3.63) is 17.4 Å². The molecule has 0 aliphatic heterocycles. The highest BCUT2D eigenvalue weighted by molar-refractivity contribution is 7.13. The molecule has 0 fully saturated rings. The molecule has 0 atom stereocenters. The monoisotopic (exact) mass is 180 g/mol. The van der Waals surface area contributed by atoms with Crippen LogP contribution in [0.3, 0.4) is 0 Å². The first-order valence-corrected chi connectivity index (χ1v) is 4.36. The predicted octanol–water partition coefficient (Wildman–Crippen LogP) is 1.42. The second-order valence-corrected chi connectivity index (χ2v) is 3.30. The van der Waals surface area contributed by atoms with Gasteiger partial charge in [-0.3, -0.25) is 0 Å². The summed E-state index contributed by atoms with van der Waals surface area (Å²) >= 11 is 1.58. The second-order valence-electron chi connectivity index (χ2n) is 2.45. The summed E-state index contributed by atoms with van der Waals surface area (Å²) in [5, 5.41) is 0. The first-order valence-electron chi connectivity index (χ1n) is 3.48. The maximum absolute atomic E-state index is 5.45. The Bertz CT molecular complexity index is 390. The predicted molar refractivity (Wildman–Crippen MR) is 48.8 cm³/mol. The van der Waals surface area contributed by atoms with Gasteiger partial charge in [0, 0.05) is 0 Å². The van der Waals surface area contributed by atoms with Gasteiger partial charge in [-0.1, -0.05) is 0 Å². The van der Waals surface area contributed by atoms with Crippen LogP contribution < -0.4 is 5.73 Å². The zero-order valence-electron chi connectivity index (χ0n) is 6.53. The number of hydrogen-bond acceptors (Lipinski definition) is 4. The molecule has 0 saturated heterocycles. The van der Waals surface area contributed by atoms with E-state index < -0.39 is 0 Å². The molecule has 0 aliphatic rings. The van der Waals surface area contributed by atoms with E-state index >= 15 is 0 Å². The molecule has 0 aromatic carbocycles. The Morgan fingerprint density at radius 3 is 2.83 bits per heavy atom. The van der Waals surface area contributed by atoms with Gasteiger partial charge in [0.2, 0.25) is 0 Å². The molecular weight excluding hydrogens is 172 g/mol. The highest BCUT2D eigenvalue weighted by Crippen LogP contribution is 2.25. The fourth-order valence-electron chi connectivity index (χ4n) is 1.01. The van der Waals surface area contributed by atoms with Crippen molar-refractivity contribution in [3.63, 3.8) is 0 Å². The van der Waals surface area contributed by atoms with Gasteiger partial charge in [0.1, 0.15) is 0 Å². The molecule has 0 bridgehead atoms. The van der Waals surface area contributed by atoms with Gasteiger partial charge in [-0.05, 0) is 6.92 Å². The van der Waals surface area contributed by atoms with Gasteiger partial charge in [0.05, 0.1) is 28.0 Å². The number of nitrogens with zero attached hydrogens (tertiary/aromatic N) is 2. The first kappa shape index (κ1) is 7.30. The maximum Gasteiger partial charge on any atom is 0.197 e. The third-order valence-electron chi connectivity index (χ3n) is 1.59. The van der Waals surface area contributed by atoms with Crippen LogP contribution in [0.4, 0.5) is 5.95 Å². The SMILES string of the molecule is Cc1ncsc1-c1cnc(N)[nH]1. The summed E-state index contributed by atoms with van der Waals surface area (Å²) in [6, 6.07) is 0. The minimum atomic E-state index is 0.442. The van der Waals surface area contributed by atoms with E-state index in [1.807, 2.05) is 12.4 Å². The quantitative estimate of drug-likeness (QED) is 0.697. The molecule has 0 radical (unpaired) electrons. The lowest BCUT2D eigenvalue weighted by Gasteiger charge is -1.90. The van der Waals surface area contributed by atoms with E-state index in [1.54, 1.807) is 17.5 Å². The third kappa shape index (κ3) is 1.08. The first-order chi connectivity index (χ1) is 5.77. The van der Waals surface area contributed by atoms with Gasteiger partial charge in [0.25, 0.3) is 0 Å². The number of nitrogens with one attached hydrogen (secondary N) is 1. The maximum atomic E-state index is 5.45. The second kappa shape index (κ2) is 2.60. The molecule has 2 heterocycles. The lowest BCUT2D eigenvalue weighted by Crippen LogP contribution is -1.85. The number of aryl methyl sites for hydroxylation is 1. The van der Waals surface area contributed by atoms with Gasteiger partial charge < -0.3 is 10.7 Å². The fourth-order valence-corrected chi connectivity index (χ4v) is 1.78. The number of anilines is 1. The zero-order chi connectivity index (χ0) is 8.55. The van der Waals surface area contributed by atoms with E-state index in [-0.39, 0.29) is 0 Å². The van der Waals surface area contributed by atoms with Crippen LogP contribution in [0.25, 0.3) is 10.6 Å². The van der Waals surface area contributed by atoms with Crippen LogP contribution in [0.5, 0.6) is 0 Å². The molecule has 0 amide bonds. The molecule has 0 spiro atoms. The van der Waals surface area contributed by atoms with Gasteiger partial charge in [-0.15, -0.1) is 11.3 Å². The topological polar surface area (TPSA) is 67.6 Å². The zero-order valence-corrected chi connectivity index (χ0v) is 7.35. The Labute approximate surface area is 73.5 Å². The Hall–Kier alpha value is -1.36. The molecule has 4 nitrogen and oxygen atoms in total. The van der Waals surface area contributed by atoms with Crippen LogP contribution in [-0.4, -0.2) is 15.0 Å². The Balaban J connectivity index is 2.50. The summed E-state index contributed by atoms with van der Waals surface area (Å²) in [5.41, 5.74) is 9.20. The lowest BCUT2D eigenvalue weighted by atomic mass is 10.3. The number of nitrogens with two attached hydrogens (primary N) is 1. The highest BCUT2D eigenvalue weighted by Gasteiger charge is 2.06. The summed E-state index contributed by atoms with van der Waals surface area (Å²) in [6.45, 7) is 1.96. The fraction of sp³-hybridized carbons (Fsp3) is 0.143. The van der Waals surface area contributed by atoms with E-state index in [1.165, 1.54) is 0 Å². The molecule has 0 unspecified atom stereocenters. The number of thiazole rings is 1. The average Bonchev–Trinajstić information content (AvgIpc) is 2.58. The van der Waals surface area contributed by atoms with Crippen LogP contribution in [0.1, 0.15) is 5.69 Å². The Morgan fingerprint density at radius 2 is 2.33 bits per heavy atom. The van der Waals surface area contributed by atoms with Gasteiger partial charge >= 0.3 is 0 Å². The number of rotatable bonds is 1. The van der Waals surface area contributed by atoms with Crippen LogP contribution in [0.2, 0.25) is 0 Å². The van der Waals surface area contributed by atoms with Crippen LogP contribution in [-0.2, 0) is 0 Å². The number of imidazole rings is 1. The number of H-pyrrole nitrogens is 1. The largest absolute Gasteiger partial charge is 0.369 e. The van der Waals surface area contributed by atoms with E-state index in [0.717, 1.165) is 16.3 Å². The smallest absolute Gasteiger partial charge is 0.197 e. The van der Waals surface area contributed by atoms with E-state index in [4.69, 9.17) is 5.73 Å². The number of aromatic nitrogens is 3. The van der Waals surface area contributed by atoms with Crippen molar-refractivity contribution < 1.29 is 0 Å². The van der Waals surface area contributed by atoms with Crippen molar-refractivity contribution in [2.75, 3.05) is 5.73 Å². The lowest BCUT2D eigenvalue weighted by molar-refractivity contribution is 1.26. The average molecular weight is 180 g/mol. The van der Waals surface area contributed by atoms with E-state index in [9.17, 15) is 0 Å². The molecule has 2 aromatic rings. The minimum Gasteiger partial charge on any atom is -0.369 e. The normalized spacial score (nSPS) is 10.4. The van der Waals surface area contributed by atoms with Crippen LogP contribution in [0, 0.1) is 6.92 Å². The summed E-state index contributed by atoms with van der Waals surface area (Å²) in [5.74, 6) is 0.442. The number of hydrogen-bond donors (Lipinski definition) is 2. The number of aromatic amines is 1. The molecule has 2 rings (SSSR count). The molecule has 0 saturated carbocycles. The van der Waals surface area contributed by atoms with Crippen molar-refractivity contribution in [1.29, 1.82) is 0 Å². The van der Waals surface area contributed by atoms with Gasteiger partial charge in [0.15, 0.2) is 5.95 Å². The van der Waals surface area contributed by atoms with Crippen molar-refractivity contribution in [3.8, 4) is 10.6 Å². The van der Waals surface area contributed by atoms with Gasteiger partial charge in [-0.2, -0.15) is 0 Å². The molecule has 62 valence electrons. The summed E-state index contributed by atoms with van der Waals surface area (Å²) in [6.07, 6.45) is 1.72. The molecule has 0 aliphatic carbocycles. The summed E-state index contributed by atoms with van der Waals surface area (Å²) < 4.78 is 0. The summed E-state index contributed by atoms with van der Waals surface area (Å²) in [7, 11) is 0. The van der Waals surface area contributed by atoms with Gasteiger partial charge in [-0.25, -0.2) is 9.97 Å². The van der Waals surface area contributed by atoms with Crippen molar-refractivity contribution in [1.82, 2.24) is 15.0 Å². The minimum absolute atomic E-state index is 0.442. The molecule has 3 N–H and O–H groups in total. The standard InChI is InChI=1S/C7H8N4S/c1-4-6(12-3-10-4)5-2-9-7(8)11-5/h2-3H,1H3,(H3,8,9,11). The van der Waals surface area contributed by atoms with E-state index in [0.29, 0.717) is 5.95 Å².